The zero-order valence-corrected chi connectivity index (χ0v) is 11.3. The molecule has 1 atom stereocenters. The predicted molar refractivity (Wildman–Crippen MR) is 70.9 cm³/mol. The molecule has 2 aliphatic rings. The van der Waals surface area contributed by atoms with Crippen LogP contribution in [0.3, 0.4) is 0 Å². The van der Waals surface area contributed by atoms with Crippen LogP contribution in [0.5, 0.6) is 0 Å². The van der Waals surface area contributed by atoms with Gasteiger partial charge in [0.25, 0.3) is 5.91 Å². The number of primary amides is 1. The Bertz CT molecular complexity index is 477. The van der Waals surface area contributed by atoms with Gasteiger partial charge in [-0.25, -0.2) is 0 Å². The average molecular weight is 266 g/mol. The fourth-order valence-corrected chi connectivity index (χ4v) is 4.29. The van der Waals surface area contributed by atoms with E-state index in [-0.39, 0.29) is 17.6 Å². The number of ether oxygens (including phenoxy) is 1. The van der Waals surface area contributed by atoms with Crippen molar-refractivity contribution in [2.24, 2.45) is 5.73 Å². The van der Waals surface area contributed by atoms with Gasteiger partial charge >= 0.3 is 0 Å². The van der Waals surface area contributed by atoms with Crippen LogP contribution in [0.1, 0.15) is 39.9 Å². The number of hydrogen-bond acceptors (Lipinski definition) is 4. The molecular formula is C13H18N2O2S. The maximum Gasteiger partial charge on any atom is 0.258 e. The number of nitrogens with two attached hydrogens (primary N) is 1. The molecule has 4 nitrogen and oxygen atoms in total. The number of thiophene rings is 1. The smallest absolute Gasteiger partial charge is 0.258 e. The third kappa shape index (κ3) is 1.86. The number of carbonyl (C=O) groups is 1. The Morgan fingerprint density at radius 3 is 2.94 bits per heavy atom. The number of rotatable bonds is 1. The largest absolute Gasteiger partial charge is 0.366 e. The number of fused-ring (bicyclic) bond motifs is 2. The summed E-state index contributed by atoms with van der Waals surface area (Å²) in [4.78, 5) is 13.2. The van der Waals surface area contributed by atoms with Gasteiger partial charge < -0.3 is 15.8 Å². The van der Waals surface area contributed by atoms with Crippen molar-refractivity contribution < 1.29 is 9.53 Å². The Morgan fingerprint density at radius 1 is 1.56 bits per heavy atom. The van der Waals surface area contributed by atoms with Crippen LogP contribution >= 0.6 is 11.3 Å². The summed E-state index contributed by atoms with van der Waals surface area (Å²) in [5, 5.41) is 3.36. The first-order valence-electron chi connectivity index (χ1n) is 6.42. The van der Waals surface area contributed by atoms with E-state index in [1.807, 2.05) is 6.07 Å². The minimum absolute atomic E-state index is 0.184. The van der Waals surface area contributed by atoms with Crippen molar-refractivity contribution in [3.63, 3.8) is 0 Å². The quantitative estimate of drug-likeness (QED) is 0.807. The summed E-state index contributed by atoms with van der Waals surface area (Å²) < 4.78 is 6.25. The lowest BCUT2D eigenvalue weighted by atomic mass is 9.84. The molecule has 5 heteroatoms. The van der Waals surface area contributed by atoms with Crippen molar-refractivity contribution in [1.82, 2.24) is 5.32 Å². The highest BCUT2D eigenvalue weighted by atomic mass is 32.1. The van der Waals surface area contributed by atoms with Gasteiger partial charge in [-0.2, -0.15) is 0 Å². The van der Waals surface area contributed by atoms with Crippen LogP contribution in [0, 0.1) is 0 Å². The van der Waals surface area contributed by atoms with Crippen LogP contribution < -0.4 is 11.1 Å². The van der Waals surface area contributed by atoms with E-state index in [9.17, 15) is 4.79 Å². The fraction of sp³-hybridized carbons (Fsp3) is 0.615. The molecule has 0 saturated carbocycles. The van der Waals surface area contributed by atoms with Crippen molar-refractivity contribution in [2.45, 2.75) is 37.9 Å². The van der Waals surface area contributed by atoms with Gasteiger partial charge in [0.2, 0.25) is 0 Å². The lowest BCUT2D eigenvalue weighted by Crippen LogP contribution is -2.46. The highest BCUT2D eigenvalue weighted by Crippen LogP contribution is 2.45. The Labute approximate surface area is 111 Å². The van der Waals surface area contributed by atoms with E-state index in [2.05, 4.69) is 12.2 Å². The van der Waals surface area contributed by atoms with E-state index >= 15 is 0 Å². The SMILES string of the molecule is CC1Cc2cc(C(N)=O)sc2C2(CCNCC2)O1. The fourth-order valence-electron chi connectivity index (χ4n) is 3.05. The maximum atomic E-state index is 11.4. The highest BCUT2D eigenvalue weighted by Gasteiger charge is 2.43. The molecule has 3 rings (SSSR count). The molecule has 98 valence electrons. The van der Waals surface area contributed by atoms with Gasteiger partial charge in [-0.1, -0.05) is 0 Å². The lowest BCUT2D eigenvalue weighted by molar-refractivity contribution is -0.117. The van der Waals surface area contributed by atoms with Crippen molar-refractivity contribution >= 4 is 17.2 Å². The molecule has 3 heterocycles. The molecule has 1 fully saturated rings. The summed E-state index contributed by atoms with van der Waals surface area (Å²) in [7, 11) is 0. The second kappa shape index (κ2) is 4.33. The molecule has 1 amide bonds. The first-order valence-corrected chi connectivity index (χ1v) is 7.24. The zero-order valence-electron chi connectivity index (χ0n) is 10.5. The van der Waals surface area contributed by atoms with E-state index in [0.29, 0.717) is 4.88 Å². The summed E-state index contributed by atoms with van der Waals surface area (Å²) in [5.41, 5.74) is 6.47. The monoisotopic (exact) mass is 266 g/mol. The summed E-state index contributed by atoms with van der Waals surface area (Å²) in [6, 6.07) is 1.96. The van der Waals surface area contributed by atoms with Gasteiger partial charge in [0.15, 0.2) is 0 Å². The Morgan fingerprint density at radius 2 is 2.28 bits per heavy atom. The minimum atomic E-state index is -0.328. The molecule has 2 aliphatic heterocycles. The second-order valence-corrected chi connectivity index (χ2v) is 6.26. The molecule has 1 aromatic rings. The topological polar surface area (TPSA) is 64.4 Å². The minimum Gasteiger partial charge on any atom is -0.366 e. The number of amides is 1. The molecule has 0 aromatic carbocycles. The molecule has 1 spiro atoms. The lowest BCUT2D eigenvalue weighted by Gasteiger charge is -2.43. The third-order valence-corrected chi connectivity index (χ3v) is 5.19. The maximum absolute atomic E-state index is 11.4. The van der Waals surface area contributed by atoms with Gasteiger partial charge in [-0.3, -0.25) is 4.79 Å². The molecule has 0 bridgehead atoms. The van der Waals surface area contributed by atoms with Crippen LogP contribution in [-0.4, -0.2) is 25.1 Å². The van der Waals surface area contributed by atoms with Crippen LogP contribution in [0.25, 0.3) is 0 Å². The number of piperidine rings is 1. The van der Waals surface area contributed by atoms with E-state index in [1.165, 1.54) is 21.8 Å². The summed E-state index contributed by atoms with van der Waals surface area (Å²) in [5.74, 6) is -0.328. The predicted octanol–water partition coefficient (Wildman–Crippen LogP) is 1.39. The van der Waals surface area contributed by atoms with Gasteiger partial charge in [0.05, 0.1) is 11.0 Å². The normalized spacial score (nSPS) is 25.9. The average Bonchev–Trinajstić information content (AvgIpc) is 2.74. The molecule has 1 unspecified atom stereocenters. The number of nitrogens with one attached hydrogen (secondary N) is 1. The Hall–Kier alpha value is -0.910. The Kier molecular flexibility index (Phi) is 2.92. The zero-order chi connectivity index (χ0) is 12.8. The first-order chi connectivity index (χ1) is 8.61. The van der Waals surface area contributed by atoms with E-state index in [1.54, 1.807) is 0 Å². The van der Waals surface area contributed by atoms with Crippen molar-refractivity contribution in [3.8, 4) is 0 Å². The standard InChI is InChI=1S/C13H18N2O2S/c1-8-6-9-7-10(12(14)16)18-11(9)13(17-8)2-4-15-5-3-13/h7-8,15H,2-6H2,1H3,(H2,14,16). The Balaban J connectivity index is 2.05. The number of carbonyl (C=O) groups excluding carboxylic acids is 1. The summed E-state index contributed by atoms with van der Waals surface area (Å²) in [6.07, 6.45) is 3.05. The van der Waals surface area contributed by atoms with E-state index in [4.69, 9.17) is 10.5 Å². The molecule has 1 aromatic heterocycles. The second-order valence-electron chi connectivity index (χ2n) is 5.21. The number of hydrogen-bond donors (Lipinski definition) is 2. The van der Waals surface area contributed by atoms with E-state index in [0.717, 1.165) is 32.4 Å². The summed E-state index contributed by atoms with van der Waals surface area (Å²) in [6.45, 7) is 4.04. The van der Waals surface area contributed by atoms with Crippen LogP contribution in [0.15, 0.2) is 6.07 Å². The van der Waals surface area contributed by atoms with Crippen LogP contribution in [-0.2, 0) is 16.8 Å². The molecular weight excluding hydrogens is 248 g/mol. The van der Waals surface area contributed by atoms with Crippen molar-refractivity contribution in [1.29, 1.82) is 0 Å². The molecule has 0 aliphatic carbocycles. The molecule has 1 saturated heterocycles. The molecule has 0 radical (unpaired) electrons. The third-order valence-electron chi connectivity index (χ3n) is 3.81. The van der Waals surface area contributed by atoms with Gasteiger partial charge in [0.1, 0.15) is 5.60 Å². The molecule has 3 N–H and O–H groups in total. The highest BCUT2D eigenvalue weighted by molar-refractivity contribution is 7.14. The van der Waals surface area contributed by atoms with Crippen LogP contribution in [0.4, 0.5) is 0 Å². The van der Waals surface area contributed by atoms with Crippen LogP contribution in [0.2, 0.25) is 0 Å². The first kappa shape index (κ1) is 12.1. The van der Waals surface area contributed by atoms with Gasteiger partial charge in [-0.15, -0.1) is 11.3 Å². The van der Waals surface area contributed by atoms with Gasteiger partial charge in [-0.05, 0) is 50.9 Å². The summed E-state index contributed by atoms with van der Waals surface area (Å²) >= 11 is 1.52. The van der Waals surface area contributed by atoms with E-state index < -0.39 is 0 Å². The van der Waals surface area contributed by atoms with Crippen molar-refractivity contribution in [2.75, 3.05) is 13.1 Å². The van der Waals surface area contributed by atoms with Gasteiger partial charge in [0, 0.05) is 4.88 Å². The molecule has 18 heavy (non-hydrogen) atoms. The van der Waals surface area contributed by atoms with Crippen molar-refractivity contribution in [3.05, 3.63) is 21.4 Å².